The Morgan fingerprint density at radius 3 is 2.36 bits per heavy atom. The molecule has 1 nitrogen and oxygen atoms in total. The zero-order valence-corrected chi connectivity index (χ0v) is 9.94. The van der Waals surface area contributed by atoms with Gasteiger partial charge in [0.15, 0.2) is 0 Å². The summed E-state index contributed by atoms with van der Waals surface area (Å²) < 4.78 is 0. The highest BCUT2D eigenvalue weighted by molar-refractivity contribution is 6.17. The maximum atomic E-state index is 9.77. The van der Waals surface area contributed by atoms with Crippen molar-refractivity contribution in [3.05, 3.63) is 28.3 Å². The Morgan fingerprint density at radius 2 is 1.93 bits per heavy atom. The molecular formula is C12H17ClO. The summed E-state index contributed by atoms with van der Waals surface area (Å²) in [6.07, 6.45) is 0. The second kappa shape index (κ2) is 4.22. The quantitative estimate of drug-likeness (QED) is 0.738. The van der Waals surface area contributed by atoms with Crippen molar-refractivity contribution in [3.8, 4) is 5.75 Å². The van der Waals surface area contributed by atoms with E-state index < -0.39 is 0 Å². The highest BCUT2D eigenvalue weighted by Crippen LogP contribution is 2.32. The summed E-state index contributed by atoms with van der Waals surface area (Å²) in [7, 11) is 0. The van der Waals surface area contributed by atoms with Gasteiger partial charge in [-0.15, -0.1) is 11.6 Å². The fraction of sp³-hybridized carbons (Fsp3) is 0.500. The molecule has 0 unspecified atom stereocenters. The maximum absolute atomic E-state index is 9.77. The first-order valence-corrected chi connectivity index (χ1v) is 5.40. The second-order valence-corrected chi connectivity index (χ2v) is 4.29. The molecule has 2 heteroatoms. The minimum absolute atomic E-state index is 0.380. The lowest BCUT2D eigenvalue weighted by atomic mass is 9.92. The third-order valence-electron chi connectivity index (χ3n) is 2.66. The fourth-order valence-corrected chi connectivity index (χ4v) is 2.09. The molecule has 0 spiro atoms. The molecule has 1 rings (SSSR count). The highest BCUT2D eigenvalue weighted by atomic mass is 35.5. The summed E-state index contributed by atoms with van der Waals surface area (Å²) in [5.74, 6) is 1.29. The molecule has 0 radical (unpaired) electrons. The minimum atomic E-state index is 0.380. The van der Waals surface area contributed by atoms with Crippen molar-refractivity contribution in [1.29, 1.82) is 0 Å². The van der Waals surface area contributed by atoms with E-state index in [0.29, 0.717) is 17.5 Å². The lowest BCUT2D eigenvalue weighted by Gasteiger charge is -2.16. The summed E-state index contributed by atoms with van der Waals surface area (Å²) in [4.78, 5) is 0. The molecular weight excluding hydrogens is 196 g/mol. The predicted octanol–water partition coefficient (Wildman–Crippen LogP) is 3.87. The Labute approximate surface area is 90.7 Å². The van der Waals surface area contributed by atoms with Crippen LogP contribution in [0.4, 0.5) is 0 Å². The van der Waals surface area contributed by atoms with Gasteiger partial charge in [0.2, 0.25) is 0 Å². The number of hydrogen-bond donors (Lipinski definition) is 1. The van der Waals surface area contributed by atoms with Gasteiger partial charge in [0.25, 0.3) is 0 Å². The zero-order chi connectivity index (χ0) is 10.9. The van der Waals surface area contributed by atoms with E-state index in [-0.39, 0.29) is 0 Å². The van der Waals surface area contributed by atoms with Crippen molar-refractivity contribution in [1.82, 2.24) is 0 Å². The van der Waals surface area contributed by atoms with Crippen LogP contribution in [-0.4, -0.2) is 5.11 Å². The lowest BCUT2D eigenvalue weighted by molar-refractivity contribution is 0.465. The normalized spacial score (nSPS) is 11.0. The molecule has 78 valence electrons. The lowest BCUT2D eigenvalue weighted by Crippen LogP contribution is -1.99. The third-order valence-corrected chi connectivity index (χ3v) is 2.92. The van der Waals surface area contributed by atoms with E-state index in [1.807, 2.05) is 19.9 Å². The summed E-state index contributed by atoms with van der Waals surface area (Å²) in [5, 5.41) is 9.77. The van der Waals surface area contributed by atoms with E-state index in [4.69, 9.17) is 11.6 Å². The highest BCUT2D eigenvalue weighted by Gasteiger charge is 2.13. The topological polar surface area (TPSA) is 20.2 Å². The van der Waals surface area contributed by atoms with Crippen molar-refractivity contribution in [2.24, 2.45) is 0 Å². The number of aryl methyl sites for hydroxylation is 1. The van der Waals surface area contributed by atoms with E-state index in [1.165, 1.54) is 5.56 Å². The zero-order valence-electron chi connectivity index (χ0n) is 9.19. The van der Waals surface area contributed by atoms with Crippen LogP contribution in [-0.2, 0) is 5.88 Å². The van der Waals surface area contributed by atoms with Gasteiger partial charge in [-0.25, -0.2) is 0 Å². The van der Waals surface area contributed by atoms with Crippen molar-refractivity contribution >= 4 is 11.6 Å². The third kappa shape index (κ3) is 1.88. The van der Waals surface area contributed by atoms with Crippen LogP contribution in [0, 0.1) is 13.8 Å². The van der Waals surface area contributed by atoms with Gasteiger partial charge in [-0.1, -0.05) is 19.9 Å². The summed E-state index contributed by atoms with van der Waals surface area (Å²) in [6.45, 7) is 8.13. The number of alkyl halides is 1. The van der Waals surface area contributed by atoms with Gasteiger partial charge < -0.3 is 5.11 Å². The van der Waals surface area contributed by atoms with Crippen molar-refractivity contribution in [2.45, 2.75) is 39.5 Å². The molecule has 0 aromatic heterocycles. The van der Waals surface area contributed by atoms with Crippen LogP contribution in [0.25, 0.3) is 0 Å². The number of phenolic OH excluding ortho intramolecular Hbond substituents is 1. The molecule has 1 N–H and O–H groups in total. The van der Waals surface area contributed by atoms with Gasteiger partial charge >= 0.3 is 0 Å². The Balaban J connectivity index is 3.43. The SMILES string of the molecule is Cc1cc(C(C)C)c(CCl)c(C)c1O. The van der Waals surface area contributed by atoms with Gasteiger partial charge in [0.05, 0.1) is 0 Å². The molecule has 0 amide bonds. The average molecular weight is 213 g/mol. The summed E-state index contributed by atoms with van der Waals surface area (Å²) >= 11 is 5.89. The van der Waals surface area contributed by atoms with E-state index in [0.717, 1.165) is 16.7 Å². The van der Waals surface area contributed by atoms with Gasteiger partial charge in [-0.2, -0.15) is 0 Å². The minimum Gasteiger partial charge on any atom is -0.507 e. The van der Waals surface area contributed by atoms with E-state index in [9.17, 15) is 5.11 Å². The number of benzene rings is 1. The second-order valence-electron chi connectivity index (χ2n) is 4.02. The summed E-state index contributed by atoms with van der Waals surface area (Å²) in [5.41, 5.74) is 4.17. The van der Waals surface area contributed by atoms with Gasteiger partial charge in [-0.05, 0) is 42.0 Å². The number of hydrogen-bond acceptors (Lipinski definition) is 1. The van der Waals surface area contributed by atoms with E-state index >= 15 is 0 Å². The maximum Gasteiger partial charge on any atom is 0.121 e. The molecule has 1 aromatic rings. The van der Waals surface area contributed by atoms with E-state index in [1.54, 1.807) is 0 Å². The monoisotopic (exact) mass is 212 g/mol. The van der Waals surface area contributed by atoms with Gasteiger partial charge in [0, 0.05) is 5.88 Å². The number of aromatic hydroxyl groups is 1. The Morgan fingerprint density at radius 1 is 1.36 bits per heavy atom. The average Bonchev–Trinajstić information content (AvgIpc) is 2.13. The molecule has 0 bridgehead atoms. The molecule has 1 aromatic carbocycles. The smallest absolute Gasteiger partial charge is 0.121 e. The molecule has 0 saturated heterocycles. The predicted molar refractivity (Wildman–Crippen MR) is 61.2 cm³/mol. The van der Waals surface area contributed by atoms with Crippen LogP contribution < -0.4 is 0 Å². The van der Waals surface area contributed by atoms with Crippen LogP contribution in [0.5, 0.6) is 5.75 Å². The molecule has 0 atom stereocenters. The Bertz CT molecular complexity index is 343. The van der Waals surface area contributed by atoms with Crippen molar-refractivity contribution < 1.29 is 5.11 Å². The van der Waals surface area contributed by atoms with Crippen LogP contribution in [0.1, 0.15) is 42.0 Å². The van der Waals surface area contributed by atoms with Crippen molar-refractivity contribution in [3.63, 3.8) is 0 Å². The number of halogens is 1. The van der Waals surface area contributed by atoms with Gasteiger partial charge in [-0.3, -0.25) is 0 Å². The van der Waals surface area contributed by atoms with Crippen LogP contribution in [0.15, 0.2) is 6.07 Å². The van der Waals surface area contributed by atoms with E-state index in [2.05, 4.69) is 13.8 Å². The Hall–Kier alpha value is -0.690. The summed E-state index contributed by atoms with van der Waals surface area (Å²) in [6, 6.07) is 2.03. The molecule has 0 aliphatic heterocycles. The van der Waals surface area contributed by atoms with Crippen LogP contribution >= 0.6 is 11.6 Å². The molecule has 0 aliphatic rings. The first kappa shape index (κ1) is 11.4. The molecule has 0 heterocycles. The molecule has 0 aliphatic carbocycles. The van der Waals surface area contributed by atoms with Crippen LogP contribution in [0.3, 0.4) is 0 Å². The molecule has 0 saturated carbocycles. The van der Waals surface area contributed by atoms with Crippen molar-refractivity contribution in [2.75, 3.05) is 0 Å². The van der Waals surface area contributed by atoms with Crippen LogP contribution in [0.2, 0.25) is 0 Å². The number of phenols is 1. The first-order chi connectivity index (χ1) is 6.49. The fourth-order valence-electron chi connectivity index (χ4n) is 1.74. The number of rotatable bonds is 2. The Kier molecular flexibility index (Phi) is 3.43. The molecule has 14 heavy (non-hydrogen) atoms. The largest absolute Gasteiger partial charge is 0.507 e. The standard InChI is InChI=1S/C12H17ClO/c1-7(2)10-5-8(3)12(14)9(4)11(10)6-13/h5,7,14H,6H2,1-4H3. The molecule has 0 fully saturated rings. The first-order valence-electron chi connectivity index (χ1n) is 4.87. The van der Waals surface area contributed by atoms with Gasteiger partial charge in [0.1, 0.15) is 5.75 Å².